The first-order valence-electron chi connectivity index (χ1n) is 8.35. The van der Waals surface area contributed by atoms with Crippen molar-refractivity contribution in [3.05, 3.63) is 47.8 Å². The second kappa shape index (κ2) is 7.01. The lowest BCUT2D eigenvalue weighted by atomic mass is 10.0. The molecule has 0 bridgehead atoms. The van der Waals surface area contributed by atoms with Gasteiger partial charge in [0.2, 0.25) is 6.79 Å². The van der Waals surface area contributed by atoms with E-state index in [1.54, 1.807) is 32.2 Å². The van der Waals surface area contributed by atoms with Gasteiger partial charge in [0.05, 0.1) is 6.04 Å². The summed E-state index contributed by atoms with van der Waals surface area (Å²) in [6.45, 7) is 4.71. The lowest BCUT2D eigenvalue weighted by molar-refractivity contribution is -0.127. The lowest BCUT2D eigenvalue weighted by Crippen LogP contribution is -2.41. The van der Waals surface area contributed by atoms with E-state index < -0.39 is 6.04 Å². The third-order valence-corrected chi connectivity index (χ3v) is 4.53. The Kier molecular flexibility index (Phi) is 4.79. The van der Waals surface area contributed by atoms with Gasteiger partial charge in [0.1, 0.15) is 0 Å². The Morgan fingerprint density at radius 3 is 2.80 bits per heavy atom. The number of carbonyl (C=O) groups is 2. The lowest BCUT2D eigenvalue weighted by Gasteiger charge is -2.27. The average Bonchev–Trinajstić information content (AvgIpc) is 3.13. The molecule has 0 radical (unpaired) electrons. The zero-order chi connectivity index (χ0) is 18.0. The standard InChI is InChI=1S/C19H22N2O4/c1-4-21-9-5-6-15(11-21)19(23)20(3)13(2)18(22)14-7-8-16-17(10-14)25-12-24-16/h5,7-11,13H,4,6,12H2,1-3H3/t13-/m1/s1. The topological polar surface area (TPSA) is 59.1 Å². The molecule has 0 aliphatic carbocycles. The van der Waals surface area contributed by atoms with Gasteiger partial charge in [-0.05, 0) is 44.7 Å². The van der Waals surface area contributed by atoms with E-state index in [2.05, 4.69) is 0 Å². The molecular weight excluding hydrogens is 320 g/mol. The van der Waals surface area contributed by atoms with Crippen molar-refractivity contribution in [3.8, 4) is 11.5 Å². The van der Waals surface area contributed by atoms with Gasteiger partial charge in [0.25, 0.3) is 5.91 Å². The van der Waals surface area contributed by atoms with E-state index in [0.717, 1.165) is 6.54 Å². The Bertz CT molecular complexity index is 754. The molecule has 6 nitrogen and oxygen atoms in total. The predicted octanol–water partition coefficient (Wildman–Crippen LogP) is 2.57. The molecule has 1 aromatic rings. The van der Waals surface area contributed by atoms with Crippen LogP contribution < -0.4 is 9.47 Å². The highest BCUT2D eigenvalue weighted by atomic mass is 16.7. The van der Waals surface area contributed by atoms with E-state index in [1.165, 1.54) is 4.90 Å². The second-order valence-electron chi connectivity index (χ2n) is 6.10. The van der Waals surface area contributed by atoms with E-state index in [9.17, 15) is 9.59 Å². The highest BCUT2D eigenvalue weighted by Gasteiger charge is 2.27. The van der Waals surface area contributed by atoms with Gasteiger partial charge in [-0.15, -0.1) is 0 Å². The highest BCUT2D eigenvalue weighted by Crippen LogP contribution is 2.33. The van der Waals surface area contributed by atoms with Gasteiger partial charge in [-0.3, -0.25) is 9.59 Å². The maximum atomic E-state index is 12.8. The largest absolute Gasteiger partial charge is 0.454 e. The van der Waals surface area contributed by atoms with Crippen LogP contribution in [0.25, 0.3) is 0 Å². The average molecular weight is 342 g/mol. The fraction of sp³-hybridized carbons (Fsp3) is 0.368. The highest BCUT2D eigenvalue weighted by molar-refractivity contribution is 6.04. The first-order chi connectivity index (χ1) is 12.0. The van der Waals surface area contributed by atoms with Crippen LogP contribution in [-0.2, 0) is 4.79 Å². The number of rotatable bonds is 5. The molecule has 2 aliphatic rings. The van der Waals surface area contributed by atoms with Gasteiger partial charge < -0.3 is 19.3 Å². The number of benzene rings is 1. The number of Topliss-reactive ketones (excluding diaryl/α,β-unsaturated/α-hetero) is 1. The molecule has 0 aromatic heterocycles. The predicted molar refractivity (Wildman–Crippen MR) is 93.3 cm³/mol. The van der Waals surface area contributed by atoms with Crippen molar-refractivity contribution in [2.24, 2.45) is 0 Å². The molecule has 0 spiro atoms. The summed E-state index contributed by atoms with van der Waals surface area (Å²) in [6, 6.07) is 4.51. The normalized spacial score (nSPS) is 16.4. The van der Waals surface area contributed by atoms with E-state index >= 15 is 0 Å². The number of amides is 1. The first kappa shape index (κ1) is 17.1. The van der Waals surface area contributed by atoms with Crippen LogP contribution in [0.5, 0.6) is 11.5 Å². The SMILES string of the molecule is CCN1C=CCC(C(=O)N(C)[C@H](C)C(=O)c2ccc3c(c2)OCO3)=C1. The number of ether oxygens (including phenoxy) is 2. The van der Waals surface area contributed by atoms with Crippen LogP contribution in [0.1, 0.15) is 30.6 Å². The van der Waals surface area contributed by atoms with Crippen LogP contribution in [0.4, 0.5) is 0 Å². The summed E-state index contributed by atoms with van der Waals surface area (Å²) < 4.78 is 10.6. The van der Waals surface area contributed by atoms with Gasteiger partial charge in [0, 0.05) is 30.9 Å². The van der Waals surface area contributed by atoms with Crippen molar-refractivity contribution >= 4 is 11.7 Å². The Balaban J connectivity index is 1.73. The fourth-order valence-corrected chi connectivity index (χ4v) is 2.82. The van der Waals surface area contributed by atoms with E-state index in [4.69, 9.17) is 9.47 Å². The van der Waals surface area contributed by atoms with Crippen LogP contribution in [0.2, 0.25) is 0 Å². The van der Waals surface area contributed by atoms with Crippen molar-refractivity contribution < 1.29 is 19.1 Å². The molecule has 6 heteroatoms. The molecule has 0 saturated heterocycles. The molecule has 132 valence electrons. The zero-order valence-electron chi connectivity index (χ0n) is 14.7. The van der Waals surface area contributed by atoms with Crippen LogP contribution in [-0.4, -0.2) is 47.9 Å². The van der Waals surface area contributed by atoms with Crippen molar-refractivity contribution in [2.45, 2.75) is 26.3 Å². The number of likely N-dealkylation sites (N-methyl/N-ethyl adjacent to an activating group) is 1. The monoisotopic (exact) mass is 342 g/mol. The van der Waals surface area contributed by atoms with Gasteiger partial charge in [-0.1, -0.05) is 6.08 Å². The minimum Gasteiger partial charge on any atom is -0.454 e. The van der Waals surface area contributed by atoms with Gasteiger partial charge >= 0.3 is 0 Å². The second-order valence-corrected chi connectivity index (χ2v) is 6.10. The summed E-state index contributed by atoms with van der Waals surface area (Å²) in [4.78, 5) is 28.9. The summed E-state index contributed by atoms with van der Waals surface area (Å²) in [6.07, 6.45) is 6.33. The summed E-state index contributed by atoms with van der Waals surface area (Å²) >= 11 is 0. The van der Waals surface area contributed by atoms with Gasteiger partial charge in [-0.2, -0.15) is 0 Å². The number of hydrogen-bond donors (Lipinski definition) is 0. The first-order valence-corrected chi connectivity index (χ1v) is 8.35. The molecule has 1 aromatic carbocycles. The Morgan fingerprint density at radius 1 is 1.28 bits per heavy atom. The molecule has 2 aliphatic heterocycles. The summed E-state index contributed by atoms with van der Waals surface area (Å²) in [5.74, 6) is 0.927. The van der Waals surface area contributed by atoms with E-state index in [-0.39, 0.29) is 18.5 Å². The summed E-state index contributed by atoms with van der Waals surface area (Å²) in [5, 5.41) is 0. The van der Waals surface area contributed by atoms with Crippen molar-refractivity contribution in [1.82, 2.24) is 9.80 Å². The molecule has 0 unspecified atom stereocenters. The molecule has 0 saturated carbocycles. The zero-order valence-corrected chi connectivity index (χ0v) is 14.7. The molecular formula is C19H22N2O4. The molecule has 3 rings (SSSR count). The third-order valence-electron chi connectivity index (χ3n) is 4.53. The van der Waals surface area contributed by atoms with Crippen LogP contribution in [0.3, 0.4) is 0 Å². The Morgan fingerprint density at radius 2 is 2.04 bits per heavy atom. The van der Waals surface area contributed by atoms with Crippen molar-refractivity contribution in [1.29, 1.82) is 0 Å². The number of hydrogen-bond acceptors (Lipinski definition) is 5. The molecule has 0 N–H and O–H groups in total. The van der Waals surface area contributed by atoms with Crippen LogP contribution in [0, 0.1) is 0 Å². The molecule has 1 amide bonds. The van der Waals surface area contributed by atoms with Crippen LogP contribution in [0.15, 0.2) is 42.2 Å². The number of carbonyl (C=O) groups excluding carboxylic acids is 2. The van der Waals surface area contributed by atoms with Crippen molar-refractivity contribution in [3.63, 3.8) is 0 Å². The smallest absolute Gasteiger partial charge is 0.251 e. The molecule has 2 heterocycles. The summed E-state index contributed by atoms with van der Waals surface area (Å²) in [7, 11) is 1.66. The number of ketones is 1. The maximum absolute atomic E-state index is 12.8. The van der Waals surface area contributed by atoms with E-state index in [0.29, 0.717) is 29.1 Å². The summed E-state index contributed by atoms with van der Waals surface area (Å²) in [5.41, 5.74) is 1.18. The molecule has 0 fully saturated rings. The molecule has 1 atom stereocenters. The third kappa shape index (κ3) is 3.38. The minimum atomic E-state index is -0.574. The van der Waals surface area contributed by atoms with Gasteiger partial charge in [-0.25, -0.2) is 0 Å². The Hall–Kier alpha value is -2.76. The van der Waals surface area contributed by atoms with Gasteiger partial charge in [0.15, 0.2) is 17.3 Å². The Labute approximate surface area is 147 Å². The minimum absolute atomic E-state index is 0.131. The number of allylic oxidation sites excluding steroid dienone is 1. The maximum Gasteiger partial charge on any atom is 0.251 e. The fourth-order valence-electron chi connectivity index (χ4n) is 2.82. The number of fused-ring (bicyclic) bond motifs is 1. The quantitative estimate of drug-likeness (QED) is 0.770. The van der Waals surface area contributed by atoms with Crippen LogP contribution >= 0.6 is 0 Å². The number of nitrogens with zero attached hydrogens (tertiary/aromatic N) is 2. The van der Waals surface area contributed by atoms with Crippen molar-refractivity contribution in [2.75, 3.05) is 20.4 Å². The van der Waals surface area contributed by atoms with E-state index in [1.807, 2.05) is 30.3 Å². The molecule has 25 heavy (non-hydrogen) atoms.